The fourth-order valence-electron chi connectivity index (χ4n) is 13.0. The van der Waals surface area contributed by atoms with Gasteiger partial charge in [0.1, 0.15) is 5.58 Å². The first kappa shape index (κ1) is 48.0. The van der Waals surface area contributed by atoms with E-state index in [0.29, 0.717) is 0 Å². The Morgan fingerprint density at radius 3 is 1.55 bits per heavy atom. The minimum Gasteiger partial charge on any atom is -0.468 e. The Bertz CT molecular complexity index is 3320. The second-order valence-corrected chi connectivity index (χ2v) is 33.2. The first-order valence-electron chi connectivity index (χ1n) is 26.9. The Morgan fingerprint density at radius 1 is 0.521 bits per heavy atom. The first-order chi connectivity index (χ1) is 33.0. The van der Waals surface area contributed by atoms with Gasteiger partial charge in [-0.15, -0.1) is 0 Å². The van der Waals surface area contributed by atoms with Crippen LogP contribution in [0.1, 0.15) is 162 Å². The number of rotatable bonds is 4. The minimum atomic E-state index is -1.55. The van der Waals surface area contributed by atoms with Gasteiger partial charge in [-0.3, -0.25) is 0 Å². The zero-order chi connectivity index (χ0) is 50.9. The molecule has 0 N–H and O–H groups in total. The zero-order valence-electron chi connectivity index (χ0n) is 46.5. The van der Waals surface area contributed by atoms with Crippen molar-refractivity contribution in [1.29, 1.82) is 0 Å². The molecule has 0 unspecified atom stereocenters. The van der Waals surface area contributed by atoms with Crippen LogP contribution in [0.15, 0.2) is 108 Å². The van der Waals surface area contributed by atoms with E-state index < -0.39 is 8.07 Å². The van der Waals surface area contributed by atoms with Crippen molar-refractivity contribution < 1.29 is 4.42 Å². The largest absolute Gasteiger partial charge is 0.468 e. The third-order valence-electron chi connectivity index (χ3n) is 17.9. The molecule has 2 aliphatic heterocycles. The molecule has 0 fully saturated rings. The Labute approximate surface area is 428 Å². The number of aryl methyl sites for hydroxylation is 1. The molecule has 0 spiro atoms. The van der Waals surface area contributed by atoms with Crippen LogP contribution in [-0.2, 0) is 32.5 Å². The van der Waals surface area contributed by atoms with Crippen molar-refractivity contribution in [3.63, 3.8) is 0 Å². The molecule has 4 aliphatic rings. The average molecular weight is 955 g/mol. The maximum atomic E-state index is 7.50. The molecular formula is C66H79BN2OSi. The van der Waals surface area contributed by atoms with E-state index in [-0.39, 0.29) is 39.2 Å². The summed E-state index contributed by atoms with van der Waals surface area (Å²) in [6.45, 7) is 43.3. The molecule has 366 valence electrons. The number of hydrogen-bond acceptors (Lipinski definition) is 3. The molecule has 5 heteroatoms. The molecule has 0 atom stereocenters. The summed E-state index contributed by atoms with van der Waals surface area (Å²) in [5, 5.41) is 2.66. The highest BCUT2D eigenvalue weighted by Crippen LogP contribution is 2.55. The minimum absolute atomic E-state index is 0.0113. The van der Waals surface area contributed by atoms with Crippen LogP contribution in [0.2, 0.25) is 19.6 Å². The maximum Gasteiger partial charge on any atom is 0.297 e. The molecule has 3 heterocycles. The van der Waals surface area contributed by atoms with E-state index in [4.69, 9.17) is 4.42 Å². The molecule has 2 aliphatic carbocycles. The van der Waals surface area contributed by atoms with Crippen LogP contribution in [0.25, 0.3) is 22.1 Å². The van der Waals surface area contributed by atoms with Crippen LogP contribution in [0, 0.1) is 6.92 Å². The van der Waals surface area contributed by atoms with Crippen molar-refractivity contribution in [2.75, 3.05) is 9.80 Å². The lowest BCUT2D eigenvalue weighted by Gasteiger charge is -2.47. The molecular weight excluding hydrogens is 876 g/mol. The lowest BCUT2D eigenvalue weighted by atomic mass is 9.35. The van der Waals surface area contributed by atoms with Gasteiger partial charge in [-0.05, 0) is 175 Å². The Balaban J connectivity index is 1.29. The summed E-state index contributed by atoms with van der Waals surface area (Å²) in [5.74, 6) is 0. The van der Waals surface area contributed by atoms with Gasteiger partial charge >= 0.3 is 0 Å². The Hall–Kier alpha value is -5.26. The highest BCUT2D eigenvalue weighted by atomic mass is 28.3. The SMILES string of the molecule is Cc1cc2c3c(c1)N(c1ccc(C(C)(C)C)cc1)c1c(oc4ccc(C(C)(C)C)cc14)B3c1cc3c(cc1N2c1cc2c(cc1-c1ccc([Si](C)(C)C)cc1)C(C)(C)CCC2(C)C)C(C)(C)CCC3(C)C. The number of fused-ring (bicyclic) bond motifs is 8. The van der Waals surface area contributed by atoms with Gasteiger partial charge in [0.05, 0.1) is 25.1 Å². The summed E-state index contributed by atoms with van der Waals surface area (Å²) < 4.78 is 7.50. The first-order valence-corrected chi connectivity index (χ1v) is 30.4. The highest BCUT2D eigenvalue weighted by Gasteiger charge is 2.50. The molecule has 6 aromatic carbocycles. The molecule has 0 bridgehead atoms. The summed E-state index contributed by atoms with van der Waals surface area (Å²) in [7, 11) is -1.55. The molecule has 71 heavy (non-hydrogen) atoms. The van der Waals surface area contributed by atoms with E-state index >= 15 is 0 Å². The van der Waals surface area contributed by atoms with Gasteiger partial charge < -0.3 is 14.2 Å². The van der Waals surface area contributed by atoms with E-state index in [1.807, 2.05) is 0 Å². The van der Waals surface area contributed by atoms with Crippen molar-refractivity contribution in [3.8, 4) is 11.1 Å². The van der Waals surface area contributed by atoms with Crippen LogP contribution in [0.5, 0.6) is 0 Å². The number of nitrogens with zero attached hydrogens (tertiary/aromatic N) is 2. The van der Waals surface area contributed by atoms with Crippen molar-refractivity contribution in [2.45, 2.75) is 182 Å². The van der Waals surface area contributed by atoms with Gasteiger partial charge in [-0.2, -0.15) is 0 Å². The van der Waals surface area contributed by atoms with E-state index in [2.05, 4.69) is 236 Å². The van der Waals surface area contributed by atoms with E-state index in [0.717, 1.165) is 36.2 Å². The van der Waals surface area contributed by atoms with Crippen LogP contribution < -0.4 is 31.6 Å². The monoisotopic (exact) mass is 955 g/mol. The van der Waals surface area contributed by atoms with Gasteiger partial charge in [0.25, 0.3) is 6.71 Å². The fraction of sp³-hybridized carbons (Fsp3) is 0.424. The maximum absolute atomic E-state index is 7.50. The summed E-state index contributed by atoms with van der Waals surface area (Å²) in [4.78, 5) is 5.31. The van der Waals surface area contributed by atoms with Crippen LogP contribution >= 0.6 is 0 Å². The summed E-state index contributed by atoms with van der Waals surface area (Å²) in [5.41, 5.74) is 24.4. The normalized spacial score (nSPS) is 18.4. The Kier molecular flexibility index (Phi) is 10.4. The predicted octanol–water partition coefficient (Wildman–Crippen LogP) is 16.3. The lowest BCUT2D eigenvalue weighted by molar-refractivity contribution is 0.332. The van der Waals surface area contributed by atoms with Gasteiger partial charge in [0.2, 0.25) is 0 Å². The molecule has 0 amide bonds. The van der Waals surface area contributed by atoms with E-state index in [1.54, 1.807) is 0 Å². The quantitative estimate of drug-likeness (QED) is 0.164. The number of anilines is 6. The van der Waals surface area contributed by atoms with Crippen molar-refractivity contribution in [1.82, 2.24) is 0 Å². The standard InChI is InChI=1S/C66H79BN2OSi/c1-40-33-55-58-56(34-40)69(53-38-50-48(63(8,9)29-31-65(50,12)13)36-46(53)41-19-26-45(27-20-41)71(16,17)18)54-39-51-49(64(10,11)30-32-66(51,14)15)37-52(54)67(58)60-59(47-35-43(62(5,6)7)23-28-57(47)70-60)68(55)44-24-21-42(22-25-44)61(2,3)4/h19-28,33-39H,29-32H2,1-18H3. The van der Waals surface area contributed by atoms with Crippen LogP contribution in [-0.4, -0.2) is 14.8 Å². The van der Waals surface area contributed by atoms with E-state index in [1.165, 1.54) is 106 Å². The smallest absolute Gasteiger partial charge is 0.297 e. The second kappa shape index (κ2) is 15.4. The van der Waals surface area contributed by atoms with Gasteiger partial charge in [0.15, 0.2) is 0 Å². The number of furan rings is 1. The van der Waals surface area contributed by atoms with Crippen molar-refractivity contribution in [2.24, 2.45) is 0 Å². The van der Waals surface area contributed by atoms with Gasteiger partial charge in [0, 0.05) is 33.7 Å². The van der Waals surface area contributed by atoms with Crippen LogP contribution in [0.3, 0.4) is 0 Å². The average Bonchev–Trinajstić information content (AvgIpc) is 3.66. The van der Waals surface area contributed by atoms with Crippen molar-refractivity contribution >= 4 is 81.7 Å². The van der Waals surface area contributed by atoms with Crippen molar-refractivity contribution in [3.05, 3.63) is 142 Å². The topological polar surface area (TPSA) is 19.6 Å². The fourth-order valence-corrected chi connectivity index (χ4v) is 14.1. The number of hydrogen-bond donors (Lipinski definition) is 0. The highest BCUT2D eigenvalue weighted by molar-refractivity contribution is 7.00. The molecule has 7 aromatic rings. The van der Waals surface area contributed by atoms with Gasteiger partial charge in [-0.1, -0.05) is 170 Å². The summed E-state index contributed by atoms with van der Waals surface area (Å²) in [6, 6.07) is 41.7. The molecule has 0 saturated heterocycles. The number of benzene rings is 6. The zero-order valence-corrected chi connectivity index (χ0v) is 47.5. The van der Waals surface area contributed by atoms with E-state index in [9.17, 15) is 0 Å². The lowest BCUT2D eigenvalue weighted by Crippen LogP contribution is -2.61. The second-order valence-electron chi connectivity index (χ2n) is 28.1. The molecule has 0 radical (unpaired) electrons. The van der Waals surface area contributed by atoms with Crippen LogP contribution in [0.4, 0.5) is 34.1 Å². The summed E-state index contributed by atoms with van der Waals surface area (Å²) >= 11 is 0. The molecule has 11 rings (SSSR count). The third-order valence-corrected chi connectivity index (χ3v) is 20.0. The predicted molar refractivity (Wildman–Crippen MR) is 311 cm³/mol. The molecule has 0 saturated carbocycles. The van der Waals surface area contributed by atoms with Gasteiger partial charge in [-0.25, -0.2) is 0 Å². The summed E-state index contributed by atoms with van der Waals surface area (Å²) in [6.07, 6.45) is 4.62. The molecule has 1 aromatic heterocycles. The Morgan fingerprint density at radius 2 is 1.01 bits per heavy atom. The molecule has 3 nitrogen and oxygen atoms in total. The third kappa shape index (κ3) is 7.55.